The van der Waals surface area contributed by atoms with Crippen LogP contribution in [-0.2, 0) is 158 Å². The maximum atomic E-state index is 14.1. The molecular weight excluding hydrogens is 1580 g/mol. The van der Waals surface area contributed by atoms with Crippen LogP contribution in [0.4, 0.5) is 0 Å². The minimum Gasteiger partial charge on any atom is -0.390 e. The second-order valence-corrected chi connectivity index (χ2v) is 29.9. The number of unbranched alkanes of at least 4 members (excludes halogenated alkanes) is 4. The second-order valence-electron chi connectivity index (χ2n) is 29.9. The second kappa shape index (κ2) is 52.7. The number of rotatable bonds is 68. The molecule has 6 fully saturated rings. The van der Waals surface area contributed by atoms with Crippen LogP contribution in [0.5, 0.6) is 0 Å². The zero-order valence-corrected chi connectivity index (χ0v) is 68.3. The molecule has 6 saturated heterocycles. The number of ether oxygens (including phenoxy) is 21. The first kappa shape index (κ1) is 97.0. The van der Waals surface area contributed by atoms with Crippen molar-refractivity contribution in [1.29, 1.82) is 0 Å². The number of hydrogen-bond acceptors (Lipinski definition) is 38. The molecule has 119 heavy (non-hydrogen) atoms. The van der Waals surface area contributed by atoms with Crippen LogP contribution in [0.25, 0.3) is 0 Å². The Labute approximate surface area is 690 Å². The first-order valence-electron chi connectivity index (χ1n) is 40.9. The van der Waals surface area contributed by atoms with Gasteiger partial charge in [0.1, 0.15) is 82.0 Å². The number of nitrogens with two attached hydrogens (primary N) is 1. The Kier molecular flexibility index (Phi) is 43.0. The standard InChI is InChI=1S/C74H126N14O31/c1-53(89)77-62-64(94)67(97)73(51-115-69(62)118-73)48-109-35-32-106-29-26-103-23-20-100-17-14-87-39-56(81-84-87)42-112-45-71(79-60(93)10-6-4-8-12-76-59(92)9-5-3-7-11-75,44-111-41-55-38-86(83-80-55)13-16-99-19-22-102-25-28-105-31-34-108-47-72-50-114-61(117-72)37-58(91)66(72)96)46-113-43-57-40-88(85-82-57)15-18-101-21-24-104-27-30-107-33-36-110-49-74-52-116-70(119-74)63(78-54(2)90)65(95)68(74)98/h38-40,58,61-70,91,94-98H,3-37,41-52,75H2,1-2H3,(H,76,92)(H,77,89)(H,78,90)(H,79,93)/t58-,61+,62-,63-,64-,65-,66-,67-,68-,69+,70+,72+,73+,74+/m1/s1. The van der Waals surface area contributed by atoms with Crippen molar-refractivity contribution in [2.75, 3.05) is 211 Å². The van der Waals surface area contributed by atoms with Crippen LogP contribution in [0.1, 0.15) is 88.7 Å². The van der Waals surface area contributed by atoms with Crippen molar-refractivity contribution in [1.82, 2.24) is 66.2 Å². The van der Waals surface area contributed by atoms with Gasteiger partial charge in [0.2, 0.25) is 23.6 Å². The van der Waals surface area contributed by atoms with E-state index < -0.39 is 89.9 Å². The maximum absolute atomic E-state index is 14.1. The third kappa shape index (κ3) is 32.7. The number of aliphatic hydroxyl groups is 6. The molecule has 9 heterocycles. The minimum absolute atomic E-state index is 0.000801. The normalized spacial score (nSPS) is 26.2. The number of hydrogen-bond donors (Lipinski definition) is 11. The lowest BCUT2D eigenvalue weighted by molar-refractivity contribution is -0.238. The van der Waals surface area contributed by atoms with E-state index in [1.165, 1.54) is 13.8 Å². The van der Waals surface area contributed by atoms with Crippen LogP contribution in [0.2, 0.25) is 0 Å². The SMILES string of the molecule is CC(=O)N[C@H]1[C@H]2OC[C@](COCCOCCOCCOCCn3cc(COCC(COCc4cn(CCOCCOCCOCCOC[C@@]56CO[C@@H](O5)[C@H](NC(C)=O)[C@@H](O)[C@H]6O)nn4)(COCc4cn(CCOCCOCCOCCOC[C@]56CO[C@H](C[C@@H](O)[C@H]5O)O6)nn4)NC(=O)CCCCCNC(=O)CCCCCN)nn3)(O2)[C@H](O)[C@@H]1O. The molecular formula is C74H126N14O31. The predicted octanol–water partition coefficient (Wildman–Crippen LogP) is -5.40. The zero-order valence-electron chi connectivity index (χ0n) is 68.3. The Morgan fingerprint density at radius 2 is 0.798 bits per heavy atom. The highest BCUT2D eigenvalue weighted by Crippen LogP contribution is 2.40. The fourth-order valence-electron chi connectivity index (χ4n) is 13.7. The van der Waals surface area contributed by atoms with E-state index in [0.717, 1.165) is 19.3 Å². The summed E-state index contributed by atoms with van der Waals surface area (Å²) in [6, 6.07) is -1.81. The van der Waals surface area contributed by atoms with Crippen LogP contribution in [0, 0.1) is 0 Å². The number of fused-ring (bicyclic) bond motifs is 6. The quantitative estimate of drug-likeness (QED) is 0.0235. The smallest absolute Gasteiger partial charge is 0.220 e. The van der Waals surface area contributed by atoms with Crippen molar-refractivity contribution >= 4 is 23.6 Å². The first-order valence-corrected chi connectivity index (χ1v) is 40.9. The number of nitrogens with zero attached hydrogens (tertiary/aromatic N) is 9. The number of aliphatic hydroxyl groups excluding tert-OH is 6. The van der Waals surface area contributed by atoms with Gasteiger partial charge in [0, 0.05) is 39.7 Å². The first-order chi connectivity index (χ1) is 57.8. The van der Waals surface area contributed by atoms with Crippen LogP contribution in [0.15, 0.2) is 18.6 Å². The molecule has 14 atom stereocenters. The van der Waals surface area contributed by atoms with Gasteiger partial charge in [-0.15, -0.1) is 15.3 Å². The molecule has 0 aromatic carbocycles. The van der Waals surface area contributed by atoms with E-state index in [4.69, 9.17) is 105 Å². The van der Waals surface area contributed by atoms with E-state index >= 15 is 0 Å². The van der Waals surface area contributed by atoms with E-state index in [-0.39, 0.29) is 149 Å². The average Bonchev–Trinajstić information content (AvgIpc) is 1.62. The Morgan fingerprint density at radius 3 is 1.18 bits per heavy atom. The largest absolute Gasteiger partial charge is 0.390 e. The van der Waals surface area contributed by atoms with Crippen molar-refractivity contribution < 1.29 is 149 Å². The van der Waals surface area contributed by atoms with Crippen LogP contribution >= 0.6 is 0 Å². The summed E-state index contributed by atoms with van der Waals surface area (Å²) in [6.45, 7) is 10.6. The molecule has 0 spiro atoms. The number of carbonyl (C=O) groups excluding carboxylic acids is 4. The molecule has 4 amide bonds. The molecule has 3 aromatic heterocycles. The van der Waals surface area contributed by atoms with Gasteiger partial charge in [0.05, 0.1) is 262 Å². The number of aromatic nitrogens is 9. The van der Waals surface area contributed by atoms with Gasteiger partial charge in [-0.25, -0.2) is 14.0 Å². The van der Waals surface area contributed by atoms with Crippen molar-refractivity contribution in [2.45, 2.75) is 201 Å². The Bertz CT molecular complexity index is 3210. The van der Waals surface area contributed by atoms with E-state index in [0.29, 0.717) is 181 Å². The third-order valence-corrected chi connectivity index (χ3v) is 20.0. The average molecular weight is 1710 g/mol. The molecule has 6 bridgehead atoms. The van der Waals surface area contributed by atoms with Gasteiger partial charge in [-0.2, -0.15) is 0 Å². The Balaban J connectivity index is 0.694. The molecule has 45 heteroatoms. The van der Waals surface area contributed by atoms with Crippen molar-refractivity contribution in [3.05, 3.63) is 35.7 Å². The lowest BCUT2D eigenvalue weighted by Gasteiger charge is -2.42. The summed E-state index contributed by atoms with van der Waals surface area (Å²) in [5.74, 6) is -1.08. The number of carbonyl (C=O) groups is 4. The Hall–Kier alpha value is -5.82. The fraction of sp³-hybridized carbons (Fsp3) is 0.865. The van der Waals surface area contributed by atoms with Gasteiger partial charge < -0.3 is 157 Å². The lowest BCUT2D eigenvalue weighted by Crippen LogP contribution is -2.66. The highest BCUT2D eigenvalue weighted by atomic mass is 16.8. The van der Waals surface area contributed by atoms with Crippen LogP contribution < -0.4 is 27.0 Å². The highest BCUT2D eigenvalue weighted by Gasteiger charge is 2.61. The molecule has 12 N–H and O–H groups in total. The molecule has 0 unspecified atom stereocenters. The van der Waals surface area contributed by atoms with Crippen molar-refractivity contribution in [3.8, 4) is 0 Å². The monoisotopic (exact) mass is 1710 g/mol. The summed E-state index contributed by atoms with van der Waals surface area (Å²) < 4.78 is 127. The van der Waals surface area contributed by atoms with Crippen LogP contribution in [0.3, 0.4) is 0 Å². The molecule has 45 nitrogen and oxygen atoms in total. The fourth-order valence-corrected chi connectivity index (χ4v) is 13.7. The summed E-state index contributed by atoms with van der Waals surface area (Å²) in [6.07, 6.45) is 0.716. The molecule has 9 rings (SSSR count). The van der Waals surface area contributed by atoms with Gasteiger partial charge in [-0.3, -0.25) is 19.2 Å². The topological polar surface area (TPSA) is 550 Å². The Morgan fingerprint density at radius 1 is 0.445 bits per heavy atom. The maximum Gasteiger partial charge on any atom is 0.220 e. The summed E-state index contributed by atoms with van der Waals surface area (Å²) in [5.41, 5.74) is 2.20. The predicted molar refractivity (Wildman–Crippen MR) is 405 cm³/mol. The van der Waals surface area contributed by atoms with E-state index in [1.54, 1.807) is 32.6 Å². The molecule has 678 valence electrons. The van der Waals surface area contributed by atoms with Gasteiger partial charge in [0.15, 0.2) is 18.9 Å². The highest BCUT2D eigenvalue weighted by molar-refractivity contribution is 5.77. The van der Waals surface area contributed by atoms with Gasteiger partial charge in [-0.1, -0.05) is 28.5 Å². The molecule has 0 aliphatic carbocycles. The molecule has 0 radical (unpaired) electrons. The third-order valence-electron chi connectivity index (χ3n) is 20.0. The number of nitrogens with one attached hydrogen (secondary N) is 4. The van der Waals surface area contributed by atoms with Gasteiger partial charge in [-0.05, 0) is 32.2 Å². The van der Waals surface area contributed by atoms with Crippen molar-refractivity contribution in [3.63, 3.8) is 0 Å². The molecule has 0 saturated carbocycles. The van der Waals surface area contributed by atoms with E-state index in [1.807, 2.05) is 0 Å². The van der Waals surface area contributed by atoms with E-state index in [2.05, 4.69) is 52.2 Å². The summed E-state index contributed by atoms with van der Waals surface area (Å²) in [5, 5.41) is 100. The van der Waals surface area contributed by atoms with Crippen LogP contribution in [-0.4, -0.2) is 400 Å². The van der Waals surface area contributed by atoms with Crippen molar-refractivity contribution in [2.24, 2.45) is 5.73 Å². The molecule has 6 aliphatic heterocycles. The summed E-state index contributed by atoms with van der Waals surface area (Å²) in [7, 11) is 0. The molecule has 6 aliphatic rings. The van der Waals surface area contributed by atoms with Gasteiger partial charge >= 0.3 is 0 Å². The number of amides is 4. The zero-order chi connectivity index (χ0) is 84.4. The van der Waals surface area contributed by atoms with Gasteiger partial charge in [0.25, 0.3) is 0 Å². The summed E-state index contributed by atoms with van der Waals surface area (Å²) in [4.78, 5) is 49.7. The molecule has 3 aromatic rings. The minimum atomic E-state index is -1.34. The lowest BCUT2D eigenvalue weighted by atomic mass is 9.88. The van der Waals surface area contributed by atoms with E-state index in [9.17, 15) is 49.8 Å². The summed E-state index contributed by atoms with van der Waals surface area (Å²) >= 11 is 0.